The first kappa shape index (κ1) is 23.6. The summed E-state index contributed by atoms with van der Waals surface area (Å²) in [6.07, 6.45) is 0. The number of carbonyl (C=O) groups excluding carboxylic acids is 1. The monoisotopic (exact) mass is 487 g/mol. The molecular formula is C23H26ClN5O3S. The second-order valence-electron chi connectivity index (χ2n) is 7.39. The fourth-order valence-electron chi connectivity index (χ4n) is 3.43. The van der Waals surface area contributed by atoms with Gasteiger partial charge in [0.05, 0.1) is 32.1 Å². The van der Waals surface area contributed by atoms with Crippen molar-refractivity contribution >= 4 is 35.0 Å². The molecule has 1 amide bonds. The lowest BCUT2D eigenvalue weighted by atomic mass is 10.3. The van der Waals surface area contributed by atoms with Gasteiger partial charge in [-0.05, 0) is 55.5 Å². The van der Waals surface area contributed by atoms with Crippen LogP contribution in [0.2, 0.25) is 5.02 Å². The molecule has 1 aliphatic heterocycles. The van der Waals surface area contributed by atoms with Crippen LogP contribution in [0.5, 0.6) is 5.75 Å². The number of carbonyl (C=O) groups is 1. The SMILES string of the molecule is CCOc1ccc(NC(=O)CSc2nnc(CN3CCOCC3)n2-c2ccc(Cl)cc2)cc1. The predicted octanol–water partition coefficient (Wildman–Crippen LogP) is 3.88. The number of benzene rings is 2. The highest BCUT2D eigenvalue weighted by atomic mass is 35.5. The molecule has 4 rings (SSSR count). The van der Waals surface area contributed by atoms with Crippen LogP contribution in [-0.2, 0) is 16.1 Å². The number of ether oxygens (including phenoxy) is 2. The van der Waals surface area contributed by atoms with Gasteiger partial charge in [-0.1, -0.05) is 23.4 Å². The van der Waals surface area contributed by atoms with Crippen LogP contribution in [0.3, 0.4) is 0 Å². The van der Waals surface area contributed by atoms with E-state index in [-0.39, 0.29) is 11.7 Å². The minimum absolute atomic E-state index is 0.121. The third kappa shape index (κ3) is 6.48. The van der Waals surface area contributed by atoms with E-state index in [9.17, 15) is 4.79 Å². The minimum Gasteiger partial charge on any atom is -0.494 e. The lowest BCUT2D eigenvalue weighted by Gasteiger charge is -2.26. The maximum Gasteiger partial charge on any atom is 0.234 e. The second-order valence-corrected chi connectivity index (χ2v) is 8.77. The summed E-state index contributed by atoms with van der Waals surface area (Å²) in [4.78, 5) is 14.8. The lowest BCUT2D eigenvalue weighted by Crippen LogP contribution is -2.36. The molecule has 2 aromatic carbocycles. The molecule has 1 saturated heterocycles. The average molecular weight is 488 g/mol. The molecule has 10 heteroatoms. The van der Waals surface area contributed by atoms with Gasteiger partial charge in [0.2, 0.25) is 5.91 Å². The van der Waals surface area contributed by atoms with E-state index < -0.39 is 0 Å². The van der Waals surface area contributed by atoms with Crippen molar-refractivity contribution < 1.29 is 14.3 Å². The Labute approximate surface area is 202 Å². The highest BCUT2D eigenvalue weighted by molar-refractivity contribution is 7.99. The highest BCUT2D eigenvalue weighted by Gasteiger charge is 2.19. The molecule has 0 bridgehead atoms. The molecular weight excluding hydrogens is 462 g/mol. The Bertz CT molecular complexity index is 1050. The largest absolute Gasteiger partial charge is 0.494 e. The Hall–Kier alpha value is -2.59. The summed E-state index contributed by atoms with van der Waals surface area (Å²) in [7, 11) is 0. The van der Waals surface area contributed by atoms with Gasteiger partial charge in [-0.15, -0.1) is 10.2 Å². The number of halogens is 1. The van der Waals surface area contributed by atoms with Crippen molar-refractivity contribution in [1.82, 2.24) is 19.7 Å². The molecule has 0 unspecified atom stereocenters. The van der Waals surface area contributed by atoms with E-state index in [1.165, 1.54) is 11.8 Å². The molecule has 33 heavy (non-hydrogen) atoms. The third-order valence-electron chi connectivity index (χ3n) is 5.04. The third-order valence-corrected chi connectivity index (χ3v) is 6.22. The predicted molar refractivity (Wildman–Crippen MR) is 129 cm³/mol. The smallest absolute Gasteiger partial charge is 0.234 e. The molecule has 1 aliphatic rings. The van der Waals surface area contributed by atoms with Gasteiger partial charge >= 0.3 is 0 Å². The number of nitrogens with one attached hydrogen (secondary N) is 1. The summed E-state index contributed by atoms with van der Waals surface area (Å²) < 4.78 is 12.9. The number of rotatable bonds is 9. The molecule has 0 saturated carbocycles. The maximum atomic E-state index is 12.6. The number of hydrogen-bond donors (Lipinski definition) is 1. The van der Waals surface area contributed by atoms with Crippen LogP contribution in [0.25, 0.3) is 5.69 Å². The van der Waals surface area contributed by atoms with Crippen LogP contribution in [0.4, 0.5) is 5.69 Å². The topological polar surface area (TPSA) is 81.5 Å². The minimum atomic E-state index is -0.121. The number of thioether (sulfide) groups is 1. The standard InChI is InChI=1S/C23H26ClN5O3S/c1-2-32-20-9-5-18(6-10-20)25-22(30)16-33-23-27-26-21(15-28-11-13-31-14-12-28)29(23)19-7-3-17(24)4-8-19/h3-10H,2,11-16H2,1H3,(H,25,30). The first-order valence-electron chi connectivity index (χ1n) is 10.8. The number of amides is 1. The highest BCUT2D eigenvalue weighted by Crippen LogP contribution is 2.25. The van der Waals surface area contributed by atoms with Crippen LogP contribution in [0.1, 0.15) is 12.7 Å². The molecule has 1 aromatic heterocycles. The van der Waals surface area contributed by atoms with Crippen molar-refractivity contribution in [2.24, 2.45) is 0 Å². The fraction of sp³-hybridized carbons (Fsp3) is 0.348. The quantitative estimate of drug-likeness (QED) is 0.458. The van der Waals surface area contributed by atoms with E-state index in [0.29, 0.717) is 36.5 Å². The number of hydrogen-bond acceptors (Lipinski definition) is 7. The first-order chi connectivity index (χ1) is 16.1. The van der Waals surface area contributed by atoms with Crippen molar-refractivity contribution in [3.05, 3.63) is 59.4 Å². The fourth-order valence-corrected chi connectivity index (χ4v) is 4.33. The average Bonchev–Trinajstić information content (AvgIpc) is 3.22. The van der Waals surface area contributed by atoms with Gasteiger partial charge in [0.1, 0.15) is 5.75 Å². The van der Waals surface area contributed by atoms with Gasteiger partial charge in [-0.3, -0.25) is 14.3 Å². The van der Waals surface area contributed by atoms with E-state index in [1.54, 1.807) is 0 Å². The summed E-state index contributed by atoms with van der Waals surface area (Å²) in [6.45, 7) is 6.30. The Kier molecular flexibility index (Phi) is 8.22. The van der Waals surface area contributed by atoms with Gasteiger partial charge in [-0.2, -0.15) is 0 Å². The Morgan fingerprint density at radius 2 is 1.85 bits per heavy atom. The summed E-state index contributed by atoms with van der Waals surface area (Å²) >= 11 is 7.43. The molecule has 174 valence electrons. The zero-order valence-electron chi connectivity index (χ0n) is 18.4. The van der Waals surface area contributed by atoms with Crippen molar-refractivity contribution in [3.8, 4) is 11.4 Å². The molecule has 0 radical (unpaired) electrons. The molecule has 0 atom stereocenters. The molecule has 8 nitrogen and oxygen atoms in total. The van der Waals surface area contributed by atoms with Crippen LogP contribution in [-0.4, -0.2) is 64.2 Å². The molecule has 2 heterocycles. The number of aromatic nitrogens is 3. The summed E-state index contributed by atoms with van der Waals surface area (Å²) in [5.74, 6) is 1.67. The van der Waals surface area contributed by atoms with E-state index in [2.05, 4.69) is 20.4 Å². The van der Waals surface area contributed by atoms with Crippen molar-refractivity contribution in [2.45, 2.75) is 18.6 Å². The van der Waals surface area contributed by atoms with Crippen LogP contribution in [0, 0.1) is 0 Å². The summed E-state index contributed by atoms with van der Waals surface area (Å²) in [5, 5.41) is 13.0. The lowest BCUT2D eigenvalue weighted by molar-refractivity contribution is -0.113. The molecule has 1 N–H and O–H groups in total. The van der Waals surface area contributed by atoms with Crippen LogP contribution in [0.15, 0.2) is 53.7 Å². The van der Waals surface area contributed by atoms with Crippen LogP contribution < -0.4 is 10.1 Å². The normalized spacial score (nSPS) is 14.2. The number of nitrogens with zero attached hydrogens (tertiary/aromatic N) is 4. The summed E-state index contributed by atoms with van der Waals surface area (Å²) in [5.41, 5.74) is 1.62. The van der Waals surface area contributed by atoms with E-state index in [1.807, 2.05) is 60.0 Å². The summed E-state index contributed by atoms with van der Waals surface area (Å²) in [6, 6.07) is 14.8. The first-order valence-corrected chi connectivity index (χ1v) is 12.1. The number of anilines is 1. The van der Waals surface area contributed by atoms with Gasteiger partial charge in [-0.25, -0.2) is 0 Å². The Morgan fingerprint density at radius 1 is 1.12 bits per heavy atom. The Morgan fingerprint density at radius 3 is 2.55 bits per heavy atom. The second kappa shape index (κ2) is 11.5. The van der Waals surface area contributed by atoms with Gasteiger partial charge < -0.3 is 14.8 Å². The molecule has 0 spiro atoms. The van der Waals surface area contributed by atoms with Gasteiger partial charge in [0.15, 0.2) is 11.0 Å². The molecule has 3 aromatic rings. The molecule has 0 aliphatic carbocycles. The van der Waals surface area contributed by atoms with Gasteiger partial charge in [0.25, 0.3) is 0 Å². The van der Waals surface area contributed by atoms with E-state index in [0.717, 1.165) is 36.0 Å². The van der Waals surface area contributed by atoms with Gasteiger partial charge in [0, 0.05) is 29.5 Å². The molecule has 1 fully saturated rings. The van der Waals surface area contributed by atoms with Crippen molar-refractivity contribution in [2.75, 3.05) is 44.0 Å². The zero-order valence-corrected chi connectivity index (χ0v) is 19.9. The van der Waals surface area contributed by atoms with E-state index >= 15 is 0 Å². The Balaban J connectivity index is 1.45. The maximum absolute atomic E-state index is 12.6. The van der Waals surface area contributed by atoms with E-state index in [4.69, 9.17) is 21.1 Å². The zero-order chi connectivity index (χ0) is 23.0. The van der Waals surface area contributed by atoms with Crippen LogP contribution >= 0.6 is 23.4 Å². The number of morpholine rings is 1. The van der Waals surface area contributed by atoms with Crippen molar-refractivity contribution in [1.29, 1.82) is 0 Å². The van der Waals surface area contributed by atoms with Crippen molar-refractivity contribution in [3.63, 3.8) is 0 Å².